The van der Waals surface area contributed by atoms with Crippen molar-refractivity contribution in [2.75, 3.05) is 18.4 Å². The van der Waals surface area contributed by atoms with Gasteiger partial charge in [0.2, 0.25) is 5.91 Å². The molecule has 0 saturated carbocycles. The zero-order chi connectivity index (χ0) is 16.4. The summed E-state index contributed by atoms with van der Waals surface area (Å²) < 4.78 is 0. The standard InChI is InChI=1S/C20H24N2OS/c23-20(21-18-7-6-15-3-1-4-16(15)13-18)8-11-22-10-2-5-19(22)17-9-12-24-14-17/h6-7,9,12-14,19H,1-5,8,10-11H2,(H,21,23)/t19-/m0/s1. The molecule has 1 fully saturated rings. The minimum absolute atomic E-state index is 0.129. The number of nitrogens with zero attached hydrogens (tertiary/aromatic N) is 1. The van der Waals surface area contributed by atoms with E-state index in [9.17, 15) is 4.79 Å². The normalized spacial score (nSPS) is 20.2. The summed E-state index contributed by atoms with van der Waals surface area (Å²) in [5, 5.41) is 7.47. The number of rotatable bonds is 5. The molecule has 1 aromatic carbocycles. The molecule has 4 rings (SSSR count). The van der Waals surface area contributed by atoms with Crippen LogP contribution in [0.1, 0.15) is 48.4 Å². The molecular formula is C20H24N2OS. The summed E-state index contributed by atoms with van der Waals surface area (Å²) in [6, 6.07) is 9.10. The maximum Gasteiger partial charge on any atom is 0.225 e. The Labute approximate surface area is 147 Å². The zero-order valence-corrected chi connectivity index (χ0v) is 14.8. The van der Waals surface area contributed by atoms with Crippen molar-refractivity contribution < 1.29 is 4.79 Å². The maximum absolute atomic E-state index is 12.3. The summed E-state index contributed by atoms with van der Waals surface area (Å²) >= 11 is 1.76. The van der Waals surface area contributed by atoms with Crippen molar-refractivity contribution in [3.63, 3.8) is 0 Å². The summed E-state index contributed by atoms with van der Waals surface area (Å²) in [7, 11) is 0. The molecule has 24 heavy (non-hydrogen) atoms. The summed E-state index contributed by atoms with van der Waals surface area (Å²) in [5.41, 5.74) is 5.22. The highest BCUT2D eigenvalue weighted by Gasteiger charge is 2.26. The summed E-state index contributed by atoms with van der Waals surface area (Å²) in [4.78, 5) is 14.8. The van der Waals surface area contributed by atoms with Gasteiger partial charge in [-0.05, 0) is 84.3 Å². The molecule has 2 aromatic rings. The fourth-order valence-electron chi connectivity index (χ4n) is 4.05. The minimum Gasteiger partial charge on any atom is -0.326 e. The number of thiophene rings is 1. The van der Waals surface area contributed by atoms with Crippen LogP contribution < -0.4 is 5.32 Å². The monoisotopic (exact) mass is 340 g/mol. The number of likely N-dealkylation sites (tertiary alicyclic amines) is 1. The molecule has 1 aliphatic heterocycles. The van der Waals surface area contributed by atoms with Crippen LogP contribution in [-0.4, -0.2) is 23.9 Å². The van der Waals surface area contributed by atoms with Gasteiger partial charge in [0.15, 0.2) is 0 Å². The number of benzene rings is 1. The predicted octanol–water partition coefficient (Wildman–Crippen LogP) is 4.40. The van der Waals surface area contributed by atoms with Crippen molar-refractivity contribution in [1.29, 1.82) is 0 Å². The molecule has 1 aliphatic carbocycles. The van der Waals surface area contributed by atoms with Gasteiger partial charge in [-0.1, -0.05) is 6.07 Å². The molecule has 1 aromatic heterocycles. The van der Waals surface area contributed by atoms with E-state index in [2.05, 4.69) is 39.2 Å². The Balaban J connectivity index is 1.32. The lowest BCUT2D eigenvalue weighted by atomic mass is 10.1. The lowest BCUT2D eigenvalue weighted by Crippen LogP contribution is -2.27. The second kappa shape index (κ2) is 7.08. The smallest absolute Gasteiger partial charge is 0.225 e. The van der Waals surface area contributed by atoms with Crippen LogP contribution in [-0.2, 0) is 17.6 Å². The van der Waals surface area contributed by atoms with Crippen LogP contribution in [0, 0.1) is 0 Å². The fraction of sp³-hybridized carbons (Fsp3) is 0.450. The Kier molecular flexibility index (Phi) is 4.67. The second-order valence-electron chi connectivity index (χ2n) is 6.89. The van der Waals surface area contributed by atoms with Crippen LogP contribution in [0.2, 0.25) is 0 Å². The summed E-state index contributed by atoms with van der Waals surface area (Å²) in [6.45, 7) is 1.95. The van der Waals surface area contributed by atoms with Gasteiger partial charge in [0, 0.05) is 24.7 Å². The average molecular weight is 340 g/mol. The van der Waals surface area contributed by atoms with Gasteiger partial charge < -0.3 is 5.32 Å². The molecule has 3 nitrogen and oxygen atoms in total. The number of fused-ring (bicyclic) bond motifs is 1. The van der Waals surface area contributed by atoms with Crippen molar-refractivity contribution in [2.24, 2.45) is 0 Å². The number of anilines is 1. The third kappa shape index (κ3) is 3.40. The second-order valence-corrected chi connectivity index (χ2v) is 7.67. The van der Waals surface area contributed by atoms with Gasteiger partial charge in [-0.3, -0.25) is 9.69 Å². The molecule has 1 atom stereocenters. The molecule has 0 unspecified atom stereocenters. The molecule has 1 saturated heterocycles. The van der Waals surface area contributed by atoms with Crippen molar-refractivity contribution in [3.05, 3.63) is 51.7 Å². The van der Waals surface area contributed by atoms with Crippen LogP contribution in [0.5, 0.6) is 0 Å². The van der Waals surface area contributed by atoms with Gasteiger partial charge in [0.1, 0.15) is 0 Å². The lowest BCUT2D eigenvalue weighted by Gasteiger charge is -2.23. The van der Waals surface area contributed by atoms with Gasteiger partial charge in [-0.15, -0.1) is 0 Å². The Hall–Kier alpha value is -1.65. The summed E-state index contributed by atoms with van der Waals surface area (Å²) in [5.74, 6) is 0.129. The molecule has 0 spiro atoms. The van der Waals surface area contributed by atoms with Gasteiger partial charge in [-0.25, -0.2) is 0 Å². The molecule has 4 heteroatoms. The Bertz CT molecular complexity index is 710. The van der Waals surface area contributed by atoms with Crippen LogP contribution in [0.25, 0.3) is 0 Å². The number of aryl methyl sites for hydroxylation is 2. The molecular weight excluding hydrogens is 316 g/mol. The van der Waals surface area contributed by atoms with Crippen LogP contribution in [0.15, 0.2) is 35.0 Å². The number of hydrogen-bond donors (Lipinski definition) is 1. The van der Waals surface area contributed by atoms with Crippen molar-refractivity contribution in [1.82, 2.24) is 4.90 Å². The van der Waals surface area contributed by atoms with E-state index in [-0.39, 0.29) is 5.91 Å². The molecule has 1 amide bonds. The van der Waals surface area contributed by atoms with Gasteiger partial charge in [-0.2, -0.15) is 11.3 Å². The van der Waals surface area contributed by atoms with E-state index in [1.165, 1.54) is 42.4 Å². The molecule has 1 N–H and O–H groups in total. The number of amides is 1. The first-order valence-corrected chi connectivity index (χ1v) is 9.92. The first-order chi connectivity index (χ1) is 11.8. The molecule has 2 aliphatic rings. The molecule has 0 radical (unpaired) electrons. The number of hydrogen-bond acceptors (Lipinski definition) is 3. The van der Waals surface area contributed by atoms with Crippen LogP contribution in [0.4, 0.5) is 5.69 Å². The van der Waals surface area contributed by atoms with E-state index in [1.54, 1.807) is 11.3 Å². The van der Waals surface area contributed by atoms with Crippen molar-refractivity contribution in [2.45, 2.75) is 44.6 Å². The highest BCUT2D eigenvalue weighted by molar-refractivity contribution is 7.07. The highest BCUT2D eigenvalue weighted by atomic mass is 32.1. The Morgan fingerprint density at radius 3 is 3.00 bits per heavy atom. The van der Waals surface area contributed by atoms with E-state index < -0.39 is 0 Å². The topological polar surface area (TPSA) is 32.3 Å². The Morgan fingerprint density at radius 2 is 2.12 bits per heavy atom. The molecule has 126 valence electrons. The van der Waals surface area contributed by atoms with E-state index in [4.69, 9.17) is 0 Å². The van der Waals surface area contributed by atoms with Gasteiger partial charge in [0.25, 0.3) is 0 Å². The summed E-state index contributed by atoms with van der Waals surface area (Å²) in [6.07, 6.45) is 6.58. The van der Waals surface area contributed by atoms with Gasteiger partial charge in [0.05, 0.1) is 0 Å². The number of nitrogens with one attached hydrogen (secondary N) is 1. The fourth-order valence-corrected chi connectivity index (χ4v) is 4.76. The van der Waals surface area contributed by atoms with Crippen LogP contribution >= 0.6 is 11.3 Å². The largest absolute Gasteiger partial charge is 0.326 e. The average Bonchev–Trinajstić information content (AvgIpc) is 3.32. The third-order valence-electron chi connectivity index (χ3n) is 5.30. The van der Waals surface area contributed by atoms with Crippen LogP contribution in [0.3, 0.4) is 0 Å². The Morgan fingerprint density at radius 1 is 1.21 bits per heavy atom. The molecule has 2 heterocycles. The van der Waals surface area contributed by atoms with E-state index in [0.717, 1.165) is 25.2 Å². The maximum atomic E-state index is 12.3. The predicted molar refractivity (Wildman–Crippen MR) is 99.6 cm³/mol. The van der Waals surface area contributed by atoms with E-state index >= 15 is 0 Å². The quantitative estimate of drug-likeness (QED) is 0.875. The molecule has 0 bridgehead atoms. The van der Waals surface area contributed by atoms with Gasteiger partial charge >= 0.3 is 0 Å². The first kappa shape index (κ1) is 15.9. The van der Waals surface area contributed by atoms with Crippen molar-refractivity contribution in [3.8, 4) is 0 Å². The van der Waals surface area contributed by atoms with Crippen molar-refractivity contribution >= 4 is 22.9 Å². The minimum atomic E-state index is 0.129. The van der Waals surface area contributed by atoms with E-state index in [0.29, 0.717) is 12.5 Å². The zero-order valence-electron chi connectivity index (χ0n) is 14.0. The number of carbonyl (C=O) groups excluding carboxylic acids is 1. The third-order valence-corrected chi connectivity index (χ3v) is 6.00. The SMILES string of the molecule is O=C(CCN1CCC[C@H]1c1ccsc1)Nc1ccc2c(c1)CCC2. The highest BCUT2D eigenvalue weighted by Crippen LogP contribution is 2.33. The number of carbonyl (C=O) groups is 1. The van der Waals surface area contributed by atoms with E-state index in [1.807, 2.05) is 6.07 Å². The lowest BCUT2D eigenvalue weighted by molar-refractivity contribution is -0.116. The first-order valence-electron chi connectivity index (χ1n) is 8.97.